The molecule has 352 valence electrons. The fourth-order valence-electron chi connectivity index (χ4n) is 8.25. The number of aromatic nitrogens is 5. The largest absolute Gasteiger partial charge is 0.490 e. The molecule has 4 aromatic heterocycles. The number of ether oxygens (including phenoxy) is 5. The molecule has 0 saturated carbocycles. The number of pyridine rings is 1. The van der Waals surface area contributed by atoms with Crippen LogP contribution in [0.1, 0.15) is 37.6 Å². The Morgan fingerprint density at radius 1 is 0.956 bits per heavy atom. The van der Waals surface area contributed by atoms with E-state index in [0.29, 0.717) is 67.4 Å². The van der Waals surface area contributed by atoms with Gasteiger partial charge in [-0.3, -0.25) is 9.69 Å². The summed E-state index contributed by atoms with van der Waals surface area (Å²) in [5.74, 6) is 0.934. The van der Waals surface area contributed by atoms with Crippen molar-refractivity contribution in [2.45, 2.75) is 58.5 Å². The van der Waals surface area contributed by atoms with Crippen LogP contribution < -0.4 is 24.5 Å². The summed E-state index contributed by atoms with van der Waals surface area (Å²) in [5.41, 5.74) is 3.55. The number of rotatable bonds is 8. The second-order valence-corrected chi connectivity index (χ2v) is 19.3. The van der Waals surface area contributed by atoms with E-state index in [4.69, 9.17) is 40.3 Å². The molecule has 0 unspecified atom stereocenters. The van der Waals surface area contributed by atoms with Gasteiger partial charge >= 0.3 is 5.97 Å². The maximum atomic E-state index is 14.5. The Hall–Kier alpha value is -6.46. The zero-order chi connectivity index (χ0) is 47.7. The fourth-order valence-corrected chi connectivity index (χ4v) is 9.61. The number of hydrogen-bond acceptors (Lipinski definition) is 14. The molecule has 0 spiro atoms. The Bertz CT molecular complexity index is 3040. The zero-order valence-electron chi connectivity index (χ0n) is 38.6. The molecular weight excluding hydrogens is 909 g/mol. The summed E-state index contributed by atoms with van der Waals surface area (Å²) >= 11 is 8.69. The van der Waals surface area contributed by atoms with Crippen molar-refractivity contribution in [1.29, 1.82) is 0 Å². The van der Waals surface area contributed by atoms with Gasteiger partial charge in [0.15, 0.2) is 5.82 Å². The smallest absolute Gasteiger partial charge is 0.348 e. The molecule has 68 heavy (non-hydrogen) atoms. The number of carbonyl (C=O) groups is 1. The zero-order valence-corrected chi connectivity index (χ0v) is 40.2. The molecule has 0 aliphatic carbocycles. The second kappa shape index (κ2) is 19.6. The van der Waals surface area contributed by atoms with Crippen LogP contribution in [0.5, 0.6) is 23.1 Å². The van der Waals surface area contributed by atoms with Crippen molar-refractivity contribution in [3.05, 3.63) is 129 Å². The fraction of sp³-hybridized carbons (Fsp3) is 0.333. The number of benzene rings is 3. The number of piperazine rings is 1. The van der Waals surface area contributed by atoms with Crippen molar-refractivity contribution in [1.82, 2.24) is 34.3 Å². The van der Waals surface area contributed by atoms with Crippen molar-refractivity contribution < 1.29 is 32.9 Å². The van der Waals surface area contributed by atoms with Gasteiger partial charge in [0.2, 0.25) is 12.0 Å². The number of carbonyl (C=O) groups excluding carboxylic acids is 1. The lowest BCUT2D eigenvalue weighted by Gasteiger charge is -2.34. The molecule has 0 amide bonds. The van der Waals surface area contributed by atoms with Crippen molar-refractivity contribution in [2.24, 2.45) is 7.05 Å². The first kappa shape index (κ1) is 46.6. The monoisotopic (exact) mass is 959 g/mol. The predicted octanol–water partition coefficient (Wildman–Crippen LogP) is 8.58. The van der Waals surface area contributed by atoms with Gasteiger partial charge in [-0.1, -0.05) is 35.9 Å². The Kier molecular flexibility index (Phi) is 13.5. The molecule has 3 aliphatic rings. The van der Waals surface area contributed by atoms with E-state index in [1.807, 2.05) is 31.2 Å². The van der Waals surface area contributed by atoms with Gasteiger partial charge in [0, 0.05) is 74.5 Å². The third-order valence-electron chi connectivity index (χ3n) is 11.8. The Morgan fingerprint density at radius 3 is 2.53 bits per heavy atom. The maximum absolute atomic E-state index is 14.5. The van der Waals surface area contributed by atoms with Crippen LogP contribution in [0.15, 0.2) is 96.2 Å². The lowest BCUT2D eigenvalue weighted by molar-refractivity contribution is -0.163. The first-order valence-electron chi connectivity index (χ1n) is 22.3. The van der Waals surface area contributed by atoms with Crippen LogP contribution >= 0.6 is 22.9 Å². The van der Waals surface area contributed by atoms with Gasteiger partial charge in [-0.15, -0.1) is 11.3 Å². The molecule has 10 rings (SSSR count). The minimum absolute atomic E-state index is 0.0245. The molecule has 17 heteroatoms. The molecule has 1 saturated heterocycles. The SMILES string of the molecule is Cc1c2ccc(c1Cl)O[C@H](CN1CCN(C)CC1)COc1ccc(OCc3ccnc(-c4cccc(=O)n4C)n3)c(c1)C[C@H](C(=O)OC(C)(C)C)Oc1ncnc3sc(-c4ccc(F)cc4)c-2c13. The molecule has 7 heterocycles. The molecule has 0 N–H and O–H groups in total. The van der Waals surface area contributed by atoms with Gasteiger partial charge in [0.05, 0.1) is 21.8 Å². The lowest BCUT2D eigenvalue weighted by Crippen LogP contribution is -2.49. The molecule has 3 aliphatic heterocycles. The lowest BCUT2D eigenvalue weighted by atomic mass is 9.96. The number of thiophene rings is 1. The van der Waals surface area contributed by atoms with Crippen molar-refractivity contribution >= 4 is 39.1 Å². The standard InChI is InChI=1S/C51H51ClFN7O7S/c1-30-37-15-17-40(45(30)52)65-36(26-60-22-20-58(5)21-23-60)28-63-35-14-16-39(64-27-34-18-19-54-47(57-34)38-8-7-9-42(61)59(38)6)32(24-35)25-41(50(62)67-51(2,3)4)66-48-44-43(37)46(68-49(44)56-29-55-48)31-10-12-33(53)13-11-31/h7-19,24,29,36,41H,20-23,25-28H2,1-6H3/t36-,41-/m1/s1. The summed E-state index contributed by atoms with van der Waals surface area (Å²) in [6.07, 6.45) is 1.28. The van der Waals surface area contributed by atoms with Crippen LogP contribution in [0.2, 0.25) is 5.02 Å². The highest BCUT2D eigenvalue weighted by Crippen LogP contribution is 2.50. The minimum Gasteiger partial charge on any atom is -0.490 e. The molecule has 7 aromatic rings. The number of esters is 1. The van der Waals surface area contributed by atoms with Crippen molar-refractivity contribution in [3.63, 3.8) is 0 Å². The van der Waals surface area contributed by atoms with Gasteiger partial charge in [-0.05, 0) is 100.0 Å². The highest BCUT2D eigenvalue weighted by atomic mass is 35.5. The first-order valence-corrected chi connectivity index (χ1v) is 23.5. The van der Waals surface area contributed by atoms with E-state index in [2.05, 4.69) is 31.8 Å². The molecule has 0 radical (unpaired) electrons. The summed E-state index contributed by atoms with van der Waals surface area (Å²) < 4.78 is 48.6. The summed E-state index contributed by atoms with van der Waals surface area (Å²) in [4.78, 5) is 51.4. The molecular formula is C51H51ClFN7O7S. The molecule has 14 nitrogen and oxygen atoms in total. The average Bonchev–Trinajstić information content (AvgIpc) is 3.70. The normalized spacial score (nSPS) is 16.9. The quantitative estimate of drug-likeness (QED) is 0.134. The third-order valence-corrected chi connectivity index (χ3v) is 13.4. The summed E-state index contributed by atoms with van der Waals surface area (Å²) in [6.45, 7) is 11.7. The van der Waals surface area contributed by atoms with Gasteiger partial charge in [-0.2, -0.15) is 0 Å². The summed E-state index contributed by atoms with van der Waals surface area (Å²) in [6, 6.07) is 22.2. The average molecular weight is 961 g/mol. The number of fused-ring (bicyclic) bond motifs is 7. The van der Waals surface area contributed by atoms with Crippen molar-refractivity contribution in [3.8, 4) is 56.2 Å². The molecule has 2 atom stereocenters. The van der Waals surface area contributed by atoms with Crippen LogP contribution in [0.25, 0.3) is 43.3 Å². The van der Waals surface area contributed by atoms with Crippen LogP contribution in [0.3, 0.4) is 0 Å². The number of hydrogen-bond donors (Lipinski definition) is 0. The van der Waals surface area contributed by atoms with E-state index in [9.17, 15) is 14.0 Å². The first-order chi connectivity index (χ1) is 32.7. The Morgan fingerprint density at radius 2 is 1.75 bits per heavy atom. The highest BCUT2D eigenvalue weighted by Gasteiger charge is 2.33. The van der Waals surface area contributed by atoms with Crippen molar-refractivity contribution in [2.75, 3.05) is 46.4 Å². The van der Waals surface area contributed by atoms with Crippen LogP contribution in [-0.4, -0.2) is 104 Å². The van der Waals surface area contributed by atoms with E-state index in [1.165, 1.54) is 40.4 Å². The van der Waals surface area contributed by atoms with Gasteiger partial charge in [0.25, 0.3) is 5.56 Å². The van der Waals surface area contributed by atoms with E-state index < -0.39 is 23.8 Å². The number of likely N-dealkylation sites (N-methyl/N-ethyl adjacent to an activating group) is 1. The van der Waals surface area contributed by atoms with E-state index in [-0.39, 0.29) is 36.9 Å². The van der Waals surface area contributed by atoms with Gasteiger partial charge < -0.3 is 33.2 Å². The van der Waals surface area contributed by atoms with Gasteiger partial charge in [0.1, 0.15) is 59.1 Å². The predicted molar refractivity (Wildman–Crippen MR) is 259 cm³/mol. The summed E-state index contributed by atoms with van der Waals surface area (Å²) in [5, 5.41) is 0.956. The number of nitrogens with zero attached hydrogens (tertiary/aromatic N) is 7. The third kappa shape index (κ3) is 10.3. The van der Waals surface area contributed by atoms with Crippen LogP contribution in [-0.2, 0) is 29.6 Å². The Balaban J connectivity index is 1.17. The molecule has 1 fully saturated rings. The topological polar surface area (TPSA) is 143 Å². The van der Waals surface area contributed by atoms with Crippen LogP contribution in [0.4, 0.5) is 4.39 Å². The maximum Gasteiger partial charge on any atom is 0.348 e. The van der Waals surface area contributed by atoms with E-state index in [1.54, 1.807) is 70.4 Å². The summed E-state index contributed by atoms with van der Waals surface area (Å²) in [7, 11) is 3.78. The van der Waals surface area contributed by atoms with E-state index in [0.717, 1.165) is 47.7 Å². The molecule has 4 bridgehead atoms. The Labute approximate surface area is 402 Å². The van der Waals surface area contributed by atoms with Gasteiger partial charge in [-0.25, -0.2) is 29.1 Å². The highest BCUT2D eigenvalue weighted by molar-refractivity contribution is 7.22. The van der Waals surface area contributed by atoms with E-state index >= 15 is 0 Å². The van der Waals surface area contributed by atoms with Crippen LogP contribution in [0, 0.1) is 12.7 Å². The number of halogens is 2. The second-order valence-electron chi connectivity index (χ2n) is 18.0. The minimum atomic E-state index is -1.26. The molecule has 3 aromatic carbocycles.